The number of nitrogens with zero attached hydrogens (tertiary/aromatic N) is 1. The molecular weight excluding hydrogens is 239 g/mol. The normalized spacial score (nSPS) is 26.3. The fourth-order valence-electron chi connectivity index (χ4n) is 3.02. The van der Waals surface area contributed by atoms with Gasteiger partial charge in [-0.05, 0) is 44.7 Å². The molecule has 1 saturated heterocycles. The maximum Gasteiger partial charge on any atom is 0.127 e. The van der Waals surface area contributed by atoms with Gasteiger partial charge in [0.15, 0.2) is 0 Å². The molecule has 1 aliphatic heterocycles. The molecule has 0 amide bonds. The summed E-state index contributed by atoms with van der Waals surface area (Å²) in [5.41, 5.74) is 6.76. The van der Waals surface area contributed by atoms with E-state index in [0.29, 0.717) is 11.6 Å². The monoisotopic (exact) mass is 264 g/mol. The maximum absolute atomic E-state index is 13.6. The van der Waals surface area contributed by atoms with Crippen molar-refractivity contribution in [2.45, 2.75) is 45.2 Å². The van der Waals surface area contributed by atoms with Crippen LogP contribution in [0.25, 0.3) is 0 Å². The molecule has 0 bridgehead atoms. The van der Waals surface area contributed by atoms with Gasteiger partial charge in [0, 0.05) is 24.2 Å². The summed E-state index contributed by atoms with van der Waals surface area (Å²) in [6.07, 6.45) is 3.34. The lowest BCUT2D eigenvalue weighted by molar-refractivity contribution is 0.125. The molecule has 1 aliphatic rings. The maximum atomic E-state index is 13.6. The Bertz CT molecular complexity index is 407. The van der Waals surface area contributed by atoms with Crippen molar-refractivity contribution in [3.05, 3.63) is 35.6 Å². The summed E-state index contributed by atoms with van der Waals surface area (Å²) in [7, 11) is 0. The van der Waals surface area contributed by atoms with Crippen molar-refractivity contribution in [1.82, 2.24) is 4.90 Å². The first kappa shape index (κ1) is 14.5. The van der Waals surface area contributed by atoms with Gasteiger partial charge in [0.25, 0.3) is 0 Å². The zero-order valence-corrected chi connectivity index (χ0v) is 12.0. The van der Waals surface area contributed by atoms with Crippen LogP contribution in [0.2, 0.25) is 0 Å². The molecule has 1 aromatic carbocycles. The molecule has 0 aliphatic carbocycles. The zero-order valence-electron chi connectivity index (χ0n) is 12.0. The molecule has 1 fully saturated rings. The van der Waals surface area contributed by atoms with E-state index in [1.54, 1.807) is 12.1 Å². The second kappa shape index (κ2) is 6.49. The number of hydrogen-bond acceptors (Lipinski definition) is 2. The topological polar surface area (TPSA) is 29.3 Å². The number of piperidine rings is 1. The van der Waals surface area contributed by atoms with Crippen molar-refractivity contribution in [2.75, 3.05) is 13.1 Å². The van der Waals surface area contributed by atoms with Crippen molar-refractivity contribution in [2.24, 2.45) is 11.7 Å². The van der Waals surface area contributed by atoms with Gasteiger partial charge in [-0.1, -0.05) is 25.1 Å². The second-order valence-corrected chi connectivity index (χ2v) is 5.93. The van der Waals surface area contributed by atoms with Crippen LogP contribution in [0, 0.1) is 11.7 Å². The van der Waals surface area contributed by atoms with Crippen LogP contribution in [0.5, 0.6) is 0 Å². The van der Waals surface area contributed by atoms with Crippen LogP contribution in [0.4, 0.5) is 4.39 Å². The van der Waals surface area contributed by atoms with Crippen LogP contribution in [-0.4, -0.2) is 24.0 Å². The van der Waals surface area contributed by atoms with Crippen LogP contribution in [-0.2, 0) is 0 Å². The zero-order chi connectivity index (χ0) is 13.8. The lowest BCUT2D eigenvalue weighted by Crippen LogP contribution is -2.41. The molecule has 0 radical (unpaired) electrons. The number of hydrogen-bond donors (Lipinski definition) is 1. The average Bonchev–Trinajstić information content (AvgIpc) is 2.38. The summed E-state index contributed by atoms with van der Waals surface area (Å²) in [6, 6.07) is 7.26. The van der Waals surface area contributed by atoms with Crippen molar-refractivity contribution < 1.29 is 4.39 Å². The largest absolute Gasteiger partial charge is 0.324 e. The predicted molar refractivity (Wildman–Crippen MR) is 77.4 cm³/mol. The number of nitrogens with two attached hydrogens (primary N) is 1. The van der Waals surface area contributed by atoms with E-state index >= 15 is 0 Å². The average molecular weight is 264 g/mol. The van der Waals surface area contributed by atoms with Crippen molar-refractivity contribution in [3.8, 4) is 0 Å². The molecule has 106 valence electrons. The summed E-state index contributed by atoms with van der Waals surface area (Å²) >= 11 is 0. The molecule has 0 spiro atoms. The van der Waals surface area contributed by atoms with Gasteiger partial charge in [-0.25, -0.2) is 4.39 Å². The Hall–Kier alpha value is -0.930. The molecule has 2 nitrogen and oxygen atoms in total. The first-order valence-electron chi connectivity index (χ1n) is 7.32. The molecule has 1 aromatic rings. The molecular formula is C16H25FN2. The van der Waals surface area contributed by atoms with E-state index in [0.717, 1.165) is 25.4 Å². The molecule has 2 N–H and O–H groups in total. The molecule has 2 rings (SSSR count). The quantitative estimate of drug-likeness (QED) is 0.903. The summed E-state index contributed by atoms with van der Waals surface area (Å²) in [4.78, 5) is 2.49. The SMILES string of the molecule is CC1CCN(CCC(N)c2ccccc2F)C(C)C1. The fraction of sp³-hybridized carbons (Fsp3) is 0.625. The Kier molecular flexibility index (Phi) is 4.94. The minimum atomic E-state index is -0.201. The smallest absolute Gasteiger partial charge is 0.127 e. The van der Waals surface area contributed by atoms with Gasteiger partial charge >= 0.3 is 0 Å². The molecule has 3 unspecified atom stereocenters. The highest BCUT2D eigenvalue weighted by Crippen LogP contribution is 2.24. The van der Waals surface area contributed by atoms with Crippen molar-refractivity contribution in [1.29, 1.82) is 0 Å². The summed E-state index contributed by atoms with van der Waals surface area (Å²) in [5.74, 6) is 0.641. The van der Waals surface area contributed by atoms with Gasteiger partial charge < -0.3 is 10.6 Å². The van der Waals surface area contributed by atoms with Crippen LogP contribution < -0.4 is 5.73 Å². The number of rotatable bonds is 4. The van der Waals surface area contributed by atoms with Crippen LogP contribution >= 0.6 is 0 Å². The Morgan fingerprint density at radius 1 is 1.37 bits per heavy atom. The van der Waals surface area contributed by atoms with E-state index in [2.05, 4.69) is 18.7 Å². The van der Waals surface area contributed by atoms with E-state index in [1.165, 1.54) is 18.9 Å². The van der Waals surface area contributed by atoms with E-state index in [4.69, 9.17) is 5.73 Å². The number of halogens is 1. The Morgan fingerprint density at radius 2 is 2.11 bits per heavy atom. The highest BCUT2D eigenvalue weighted by Gasteiger charge is 2.23. The van der Waals surface area contributed by atoms with E-state index < -0.39 is 0 Å². The minimum Gasteiger partial charge on any atom is -0.324 e. The minimum absolute atomic E-state index is 0.185. The first-order chi connectivity index (χ1) is 9.08. The lowest BCUT2D eigenvalue weighted by atomic mass is 9.93. The standard InChI is InChI=1S/C16H25FN2/c1-12-7-9-19(13(2)11-12)10-8-16(18)14-5-3-4-6-15(14)17/h3-6,12-13,16H,7-11,18H2,1-2H3. The summed E-state index contributed by atoms with van der Waals surface area (Å²) in [6.45, 7) is 6.71. The van der Waals surface area contributed by atoms with Gasteiger partial charge in [0.2, 0.25) is 0 Å². The first-order valence-corrected chi connectivity index (χ1v) is 7.32. The van der Waals surface area contributed by atoms with Gasteiger partial charge in [-0.15, -0.1) is 0 Å². The predicted octanol–water partition coefficient (Wildman–Crippen LogP) is 3.34. The Morgan fingerprint density at radius 3 is 2.79 bits per heavy atom. The highest BCUT2D eigenvalue weighted by atomic mass is 19.1. The summed E-state index contributed by atoms with van der Waals surface area (Å²) < 4.78 is 13.6. The number of benzene rings is 1. The van der Waals surface area contributed by atoms with Crippen LogP contribution in [0.3, 0.4) is 0 Å². The van der Waals surface area contributed by atoms with Gasteiger partial charge in [-0.3, -0.25) is 0 Å². The van der Waals surface area contributed by atoms with Gasteiger partial charge in [0.1, 0.15) is 5.82 Å². The van der Waals surface area contributed by atoms with Crippen molar-refractivity contribution >= 4 is 0 Å². The molecule has 3 atom stereocenters. The highest BCUT2D eigenvalue weighted by molar-refractivity contribution is 5.20. The fourth-order valence-corrected chi connectivity index (χ4v) is 3.02. The van der Waals surface area contributed by atoms with Gasteiger partial charge in [0.05, 0.1) is 0 Å². The van der Waals surface area contributed by atoms with Gasteiger partial charge in [-0.2, -0.15) is 0 Å². The third-order valence-corrected chi connectivity index (χ3v) is 4.31. The molecule has 3 heteroatoms. The van der Waals surface area contributed by atoms with Crippen LogP contribution in [0.1, 0.15) is 44.7 Å². The third kappa shape index (κ3) is 3.77. The molecule has 19 heavy (non-hydrogen) atoms. The van der Waals surface area contributed by atoms with E-state index in [1.807, 2.05) is 6.07 Å². The molecule has 1 heterocycles. The second-order valence-electron chi connectivity index (χ2n) is 5.93. The summed E-state index contributed by atoms with van der Waals surface area (Å²) in [5, 5.41) is 0. The molecule has 0 aromatic heterocycles. The third-order valence-electron chi connectivity index (χ3n) is 4.31. The van der Waals surface area contributed by atoms with E-state index in [-0.39, 0.29) is 11.9 Å². The lowest BCUT2D eigenvalue weighted by Gasteiger charge is -2.37. The van der Waals surface area contributed by atoms with Crippen molar-refractivity contribution in [3.63, 3.8) is 0 Å². The number of likely N-dealkylation sites (tertiary alicyclic amines) is 1. The molecule has 0 saturated carbocycles. The Balaban J connectivity index is 1.87. The van der Waals surface area contributed by atoms with Crippen LogP contribution in [0.15, 0.2) is 24.3 Å². The Labute approximate surface area is 115 Å². The van der Waals surface area contributed by atoms with E-state index in [9.17, 15) is 4.39 Å².